The van der Waals surface area contributed by atoms with Crippen molar-refractivity contribution in [1.82, 2.24) is 4.98 Å². The molecule has 0 bridgehead atoms. The Balaban J connectivity index is 3.14. The van der Waals surface area contributed by atoms with Crippen LogP contribution in [-0.4, -0.2) is 29.3 Å². The van der Waals surface area contributed by atoms with Gasteiger partial charge in [0, 0.05) is 11.7 Å². The van der Waals surface area contributed by atoms with Crippen molar-refractivity contribution in [2.75, 3.05) is 7.11 Å². The van der Waals surface area contributed by atoms with Crippen LogP contribution < -0.4 is 10.2 Å². The molecular formula is C6H7BFNO3. The lowest BCUT2D eigenvalue weighted by Crippen LogP contribution is -2.33. The topological polar surface area (TPSA) is 62.6 Å². The van der Waals surface area contributed by atoms with E-state index in [0.29, 0.717) is 0 Å². The first-order chi connectivity index (χ1) is 5.66. The molecule has 1 rings (SSSR count). The zero-order chi connectivity index (χ0) is 9.14. The van der Waals surface area contributed by atoms with Crippen LogP contribution >= 0.6 is 0 Å². The second-order valence-corrected chi connectivity index (χ2v) is 2.10. The normalized spacial score (nSPS) is 9.67. The minimum absolute atomic E-state index is 0.248. The van der Waals surface area contributed by atoms with Crippen LogP contribution in [0, 0.1) is 5.82 Å². The van der Waals surface area contributed by atoms with Gasteiger partial charge in [0.15, 0.2) is 5.82 Å². The maximum absolute atomic E-state index is 13.0. The summed E-state index contributed by atoms with van der Waals surface area (Å²) in [6.45, 7) is 0. The number of rotatable bonds is 2. The summed E-state index contributed by atoms with van der Waals surface area (Å²) in [6, 6.07) is 1.17. The molecule has 0 aliphatic carbocycles. The molecule has 0 amide bonds. The number of ether oxygens (including phenoxy) is 1. The number of methoxy groups -OCH3 is 1. The number of nitrogens with zero attached hydrogens (tertiary/aromatic N) is 1. The third kappa shape index (κ3) is 1.54. The van der Waals surface area contributed by atoms with Crippen LogP contribution in [0.15, 0.2) is 12.3 Å². The van der Waals surface area contributed by atoms with Gasteiger partial charge in [0.05, 0.1) is 7.11 Å². The Morgan fingerprint density at radius 1 is 1.58 bits per heavy atom. The van der Waals surface area contributed by atoms with Crippen LogP contribution in [0.5, 0.6) is 5.88 Å². The van der Waals surface area contributed by atoms with Crippen molar-refractivity contribution in [3.05, 3.63) is 18.1 Å². The van der Waals surface area contributed by atoms with Gasteiger partial charge in [-0.15, -0.1) is 0 Å². The van der Waals surface area contributed by atoms with Gasteiger partial charge in [-0.3, -0.25) is 0 Å². The zero-order valence-corrected chi connectivity index (χ0v) is 6.36. The predicted octanol–water partition coefficient (Wildman–Crippen LogP) is -1.09. The summed E-state index contributed by atoms with van der Waals surface area (Å²) in [5, 5.41) is 17.3. The Kier molecular flexibility index (Phi) is 2.62. The lowest BCUT2D eigenvalue weighted by atomic mass is 9.80. The van der Waals surface area contributed by atoms with E-state index in [4.69, 9.17) is 10.0 Å². The molecule has 0 saturated carbocycles. The summed E-state index contributed by atoms with van der Waals surface area (Å²) >= 11 is 0. The van der Waals surface area contributed by atoms with E-state index < -0.39 is 12.9 Å². The summed E-state index contributed by atoms with van der Waals surface area (Å²) in [6.07, 6.45) is 1.23. The molecule has 6 heteroatoms. The molecule has 4 nitrogen and oxygen atoms in total. The minimum Gasteiger partial charge on any atom is -0.479 e. The molecule has 2 N–H and O–H groups in total. The van der Waals surface area contributed by atoms with Crippen molar-refractivity contribution in [2.24, 2.45) is 0 Å². The standard InChI is InChI=1S/C6H7BFNO3/c1-12-6-5(8)4(7(10)11)2-3-9-6/h2-3,10-11H,1H3. The molecule has 12 heavy (non-hydrogen) atoms. The fourth-order valence-corrected chi connectivity index (χ4v) is 0.780. The van der Waals surface area contributed by atoms with Gasteiger partial charge < -0.3 is 14.8 Å². The zero-order valence-electron chi connectivity index (χ0n) is 6.36. The van der Waals surface area contributed by atoms with Gasteiger partial charge >= 0.3 is 7.12 Å². The van der Waals surface area contributed by atoms with Crippen LogP contribution in [0.25, 0.3) is 0 Å². The molecule has 0 unspecified atom stereocenters. The Bertz CT molecular complexity index is 281. The highest BCUT2D eigenvalue weighted by Gasteiger charge is 2.19. The van der Waals surface area contributed by atoms with E-state index in [9.17, 15) is 4.39 Å². The second-order valence-electron chi connectivity index (χ2n) is 2.10. The van der Waals surface area contributed by atoms with Crippen molar-refractivity contribution in [2.45, 2.75) is 0 Å². The van der Waals surface area contributed by atoms with E-state index in [0.717, 1.165) is 0 Å². The first-order valence-corrected chi connectivity index (χ1v) is 3.21. The van der Waals surface area contributed by atoms with E-state index in [1.807, 2.05) is 0 Å². The molecule has 64 valence electrons. The van der Waals surface area contributed by atoms with Crippen LogP contribution in [0.1, 0.15) is 0 Å². The third-order valence-electron chi connectivity index (χ3n) is 1.36. The summed E-state index contributed by atoms with van der Waals surface area (Å²) < 4.78 is 17.5. The van der Waals surface area contributed by atoms with E-state index in [-0.39, 0.29) is 11.3 Å². The number of pyridine rings is 1. The van der Waals surface area contributed by atoms with Crippen molar-refractivity contribution in [1.29, 1.82) is 0 Å². The Morgan fingerprint density at radius 3 is 2.75 bits per heavy atom. The maximum atomic E-state index is 13.0. The fourth-order valence-electron chi connectivity index (χ4n) is 0.780. The average Bonchev–Trinajstić information content (AvgIpc) is 2.04. The van der Waals surface area contributed by atoms with Crippen molar-refractivity contribution >= 4 is 12.6 Å². The molecule has 1 aromatic heterocycles. The van der Waals surface area contributed by atoms with Crippen LogP contribution in [0.2, 0.25) is 0 Å². The highest BCUT2D eigenvalue weighted by molar-refractivity contribution is 6.58. The second kappa shape index (κ2) is 3.51. The number of aromatic nitrogens is 1. The molecular weight excluding hydrogens is 164 g/mol. The van der Waals surface area contributed by atoms with E-state index >= 15 is 0 Å². The fraction of sp³-hybridized carbons (Fsp3) is 0.167. The van der Waals surface area contributed by atoms with Gasteiger partial charge in [0.25, 0.3) is 0 Å². The first-order valence-electron chi connectivity index (χ1n) is 3.21. The van der Waals surface area contributed by atoms with Gasteiger partial charge in [0.1, 0.15) is 0 Å². The van der Waals surface area contributed by atoms with Gasteiger partial charge in [-0.1, -0.05) is 0 Å². The van der Waals surface area contributed by atoms with Gasteiger partial charge in [-0.25, -0.2) is 9.37 Å². The van der Waals surface area contributed by atoms with Crippen LogP contribution in [0.4, 0.5) is 4.39 Å². The summed E-state index contributed by atoms with van der Waals surface area (Å²) in [4.78, 5) is 3.52. The smallest absolute Gasteiger partial charge is 0.479 e. The molecule has 0 atom stereocenters. The van der Waals surface area contributed by atoms with Crippen molar-refractivity contribution in [3.8, 4) is 5.88 Å². The van der Waals surface area contributed by atoms with Gasteiger partial charge in [-0.05, 0) is 6.07 Å². The van der Waals surface area contributed by atoms with Gasteiger partial charge in [0.2, 0.25) is 5.88 Å². The van der Waals surface area contributed by atoms with E-state index in [1.165, 1.54) is 19.4 Å². The molecule has 0 fully saturated rings. The number of halogens is 1. The molecule has 1 heterocycles. The number of hydrogen-bond acceptors (Lipinski definition) is 4. The van der Waals surface area contributed by atoms with Crippen LogP contribution in [-0.2, 0) is 0 Å². The van der Waals surface area contributed by atoms with E-state index in [2.05, 4.69) is 9.72 Å². The lowest BCUT2D eigenvalue weighted by Gasteiger charge is -2.04. The molecule has 0 aromatic carbocycles. The molecule has 0 radical (unpaired) electrons. The minimum atomic E-state index is -1.85. The van der Waals surface area contributed by atoms with Crippen LogP contribution in [0.3, 0.4) is 0 Å². The first kappa shape index (κ1) is 8.96. The average molecular weight is 171 g/mol. The Morgan fingerprint density at radius 2 is 2.25 bits per heavy atom. The summed E-state index contributed by atoms with van der Waals surface area (Å²) in [5.74, 6) is -1.10. The summed E-state index contributed by atoms with van der Waals surface area (Å²) in [7, 11) is -0.597. The predicted molar refractivity (Wildman–Crippen MR) is 40.6 cm³/mol. The van der Waals surface area contributed by atoms with Gasteiger partial charge in [-0.2, -0.15) is 0 Å². The monoisotopic (exact) mass is 171 g/mol. The molecule has 0 aliphatic rings. The molecule has 1 aromatic rings. The lowest BCUT2D eigenvalue weighted by molar-refractivity contribution is 0.367. The molecule has 0 saturated heterocycles. The highest BCUT2D eigenvalue weighted by atomic mass is 19.1. The van der Waals surface area contributed by atoms with E-state index in [1.54, 1.807) is 0 Å². The highest BCUT2D eigenvalue weighted by Crippen LogP contribution is 2.08. The Labute approximate surface area is 68.8 Å². The maximum Gasteiger partial charge on any atom is 0.491 e. The SMILES string of the molecule is COc1nccc(B(O)O)c1F. The quantitative estimate of drug-likeness (QED) is 0.555. The Hall–Kier alpha value is -1.14. The van der Waals surface area contributed by atoms with Crippen molar-refractivity contribution < 1.29 is 19.2 Å². The third-order valence-corrected chi connectivity index (χ3v) is 1.36. The van der Waals surface area contributed by atoms with Crippen molar-refractivity contribution in [3.63, 3.8) is 0 Å². The molecule has 0 aliphatic heterocycles. The largest absolute Gasteiger partial charge is 0.491 e. The molecule has 0 spiro atoms. The number of hydrogen-bond donors (Lipinski definition) is 2. The summed E-state index contributed by atoms with van der Waals surface area (Å²) in [5.41, 5.74) is -0.248.